The van der Waals surface area contributed by atoms with Gasteiger partial charge in [-0.2, -0.15) is 0 Å². The first-order chi connectivity index (χ1) is 30.0. The number of aliphatic hydroxyl groups excluding tert-OH is 1. The largest absolute Gasteiger partial charge is 0.756 e. The zero-order valence-corrected chi connectivity index (χ0v) is 41.7. The van der Waals surface area contributed by atoms with Gasteiger partial charge in [-0.05, 0) is 77.6 Å². The topological polar surface area (TPSA) is 108 Å². The Morgan fingerprint density at radius 3 is 1.50 bits per heavy atom. The average molecular weight is 889 g/mol. The normalized spacial score (nSPS) is 14.8. The molecule has 0 aromatic carbocycles. The Bertz CT molecular complexity index is 1240. The summed E-state index contributed by atoms with van der Waals surface area (Å²) in [5.41, 5.74) is 0. The molecule has 0 radical (unpaired) electrons. The molecule has 0 rings (SSSR count). The summed E-state index contributed by atoms with van der Waals surface area (Å²) in [4.78, 5) is 25.3. The van der Waals surface area contributed by atoms with E-state index >= 15 is 0 Å². The average Bonchev–Trinajstić information content (AvgIpc) is 3.23. The molecule has 62 heavy (non-hydrogen) atoms. The van der Waals surface area contributed by atoms with Crippen LogP contribution < -0.4 is 10.2 Å². The van der Waals surface area contributed by atoms with Crippen molar-refractivity contribution in [2.24, 2.45) is 0 Å². The maximum Gasteiger partial charge on any atom is 0.268 e. The highest BCUT2D eigenvalue weighted by Gasteiger charge is 2.23. The lowest BCUT2D eigenvalue weighted by Gasteiger charge is -2.29. The van der Waals surface area contributed by atoms with Gasteiger partial charge >= 0.3 is 0 Å². The fourth-order valence-electron chi connectivity index (χ4n) is 6.96. The molecule has 3 atom stereocenters. The summed E-state index contributed by atoms with van der Waals surface area (Å²) >= 11 is 0. The minimum atomic E-state index is -4.60. The molecule has 0 fully saturated rings. The van der Waals surface area contributed by atoms with Gasteiger partial charge in [0, 0.05) is 6.42 Å². The summed E-state index contributed by atoms with van der Waals surface area (Å²) in [6, 6.07) is -0.910. The lowest BCUT2D eigenvalue weighted by molar-refractivity contribution is -0.870. The van der Waals surface area contributed by atoms with Crippen molar-refractivity contribution in [1.82, 2.24) is 5.32 Å². The number of unbranched alkanes of at least 4 members (excludes halogenated alkanes) is 23. The van der Waals surface area contributed by atoms with E-state index < -0.39 is 26.6 Å². The number of carbonyl (C=O) groups is 1. The highest BCUT2D eigenvalue weighted by atomic mass is 31.2. The fraction of sp³-hybridized carbons (Fsp3) is 0.755. The summed E-state index contributed by atoms with van der Waals surface area (Å²) in [5, 5.41) is 13.7. The van der Waals surface area contributed by atoms with Crippen molar-refractivity contribution in [3.63, 3.8) is 0 Å². The van der Waals surface area contributed by atoms with Gasteiger partial charge < -0.3 is 28.8 Å². The predicted octanol–water partition coefficient (Wildman–Crippen LogP) is 14.1. The van der Waals surface area contributed by atoms with E-state index in [1.165, 1.54) is 128 Å². The number of phosphoric ester groups is 1. The number of nitrogens with one attached hydrogen (secondary N) is 1. The zero-order valence-electron chi connectivity index (χ0n) is 40.8. The number of aliphatic hydroxyl groups is 1. The molecule has 360 valence electrons. The van der Waals surface area contributed by atoms with Crippen LogP contribution in [0.2, 0.25) is 0 Å². The van der Waals surface area contributed by atoms with Crippen LogP contribution in [0, 0.1) is 0 Å². The summed E-state index contributed by atoms with van der Waals surface area (Å²) in [6.07, 6.45) is 60.1. The SMILES string of the molecule is C/C=C/CC/C=C/CC/C=C/C(O)C(COP(=O)([O-])OCC[N+](C)(C)C)NC(=O)CCCCCCCCCCCCCCCCCC/C=C\C/C=C\C/C=C\CCCCCCC. The van der Waals surface area contributed by atoms with Crippen molar-refractivity contribution >= 4 is 13.7 Å². The lowest BCUT2D eigenvalue weighted by Crippen LogP contribution is -2.45. The number of carbonyl (C=O) groups excluding carboxylic acids is 1. The molecule has 9 heteroatoms. The number of hydrogen-bond donors (Lipinski definition) is 2. The number of rotatable bonds is 45. The summed E-state index contributed by atoms with van der Waals surface area (Å²) in [7, 11) is 1.23. The van der Waals surface area contributed by atoms with Crippen LogP contribution in [0.3, 0.4) is 0 Å². The maximum atomic E-state index is 12.8. The number of allylic oxidation sites excluding steroid dienone is 11. The third-order valence-electron chi connectivity index (χ3n) is 11.0. The third kappa shape index (κ3) is 45.9. The molecular formula is C53H97N2O6P. The molecule has 2 N–H and O–H groups in total. The van der Waals surface area contributed by atoms with Gasteiger partial charge in [0.25, 0.3) is 7.82 Å². The Kier molecular flexibility index (Phi) is 42.7. The number of nitrogens with zero attached hydrogens (tertiary/aromatic N) is 1. The van der Waals surface area contributed by atoms with E-state index in [0.29, 0.717) is 17.4 Å². The molecule has 0 saturated carbocycles. The molecule has 8 nitrogen and oxygen atoms in total. The van der Waals surface area contributed by atoms with E-state index in [2.05, 4.69) is 66.9 Å². The second kappa shape index (κ2) is 44.2. The highest BCUT2D eigenvalue weighted by molar-refractivity contribution is 7.45. The fourth-order valence-corrected chi connectivity index (χ4v) is 7.69. The molecule has 0 bridgehead atoms. The van der Waals surface area contributed by atoms with E-state index in [1.807, 2.05) is 40.2 Å². The minimum Gasteiger partial charge on any atom is -0.756 e. The first kappa shape index (κ1) is 59.9. The molecule has 0 aromatic heterocycles. The van der Waals surface area contributed by atoms with E-state index in [9.17, 15) is 19.4 Å². The number of quaternary nitrogens is 1. The molecule has 0 aromatic rings. The van der Waals surface area contributed by atoms with Crippen molar-refractivity contribution < 1.29 is 32.9 Å². The van der Waals surface area contributed by atoms with Crippen LogP contribution in [0.4, 0.5) is 0 Å². The minimum absolute atomic E-state index is 0.0115. The van der Waals surface area contributed by atoms with Gasteiger partial charge in [-0.3, -0.25) is 9.36 Å². The van der Waals surface area contributed by atoms with Gasteiger partial charge in [-0.1, -0.05) is 195 Å². The summed E-state index contributed by atoms with van der Waals surface area (Å²) in [5.74, 6) is -0.217. The van der Waals surface area contributed by atoms with Crippen LogP contribution in [0.25, 0.3) is 0 Å². The molecule has 0 spiro atoms. The van der Waals surface area contributed by atoms with Crippen LogP contribution >= 0.6 is 7.82 Å². The van der Waals surface area contributed by atoms with Crippen molar-refractivity contribution in [3.8, 4) is 0 Å². The van der Waals surface area contributed by atoms with Crippen LogP contribution in [0.15, 0.2) is 72.9 Å². The quantitative estimate of drug-likeness (QED) is 0.0273. The van der Waals surface area contributed by atoms with E-state index in [-0.39, 0.29) is 12.5 Å². The lowest BCUT2D eigenvalue weighted by atomic mass is 10.0. The molecule has 3 unspecified atom stereocenters. The Hall–Kier alpha value is -2.06. The monoisotopic (exact) mass is 889 g/mol. The van der Waals surface area contributed by atoms with E-state index in [0.717, 1.165) is 57.8 Å². The van der Waals surface area contributed by atoms with Gasteiger partial charge in [0.05, 0.1) is 39.9 Å². The van der Waals surface area contributed by atoms with Crippen LogP contribution in [-0.2, 0) is 18.4 Å². The smallest absolute Gasteiger partial charge is 0.268 e. The molecule has 0 aliphatic heterocycles. The Balaban J connectivity index is 4.03. The summed E-state index contributed by atoms with van der Waals surface area (Å²) < 4.78 is 23.1. The van der Waals surface area contributed by atoms with Crippen molar-refractivity contribution in [3.05, 3.63) is 72.9 Å². The van der Waals surface area contributed by atoms with Crippen LogP contribution in [0.1, 0.15) is 206 Å². The summed E-state index contributed by atoms with van der Waals surface area (Å²) in [6.45, 7) is 4.36. The Labute approximate surface area is 383 Å². The van der Waals surface area contributed by atoms with E-state index in [1.54, 1.807) is 6.08 Å². The number of phosphoric acid groups is 1. The van der Waals surface area contributed by atoms with Crippen LogP contribution in [0.5, 0.6) is 0 Å². The molecule has 0 saturated heterocycles. The Morgan fingerprint density at radius 2 is 1.02 bits per heavy atom. The van der Waals surface area contributed by atoms with Gasteiger partial charge in [-0.25, -0.2) is 0 Å². The second-order valence-electron chi connectivity index (χ2n) is 18.2. The van der Waals surface area contributed by atoms with Gasteiger partial charge in [-0.15, -0.1) is 0 Å². The zero-order chi connectivity index (χ0) is 45.7. The van der Waals surface area contributed by atoms with E-state index in [4.69, 9.17) is 9.05 Å². The van der Waals surface area contributed by atoms with Gasteiger partial charge in [0.1, 0.15) is 13.2 Å². The number of amides is 1. The molecule has 1 amide bonds. The molecule has 0 heterocycles. The van der Waals surface area contributed by atoms with Gasteiger partial charge in [0.2, 0.25) is 5.91 Å². The highest BCUT2D eigenvalue weighted by Crippen LogP contribution is 2.38. The standard InChI is InChI=1S/C53H97N2O6P/c1-6-8-10-12-14-16-17-18-19-20-21-22-23-24-25-26-27-28-29-30-31-32-33-34-35-36-37-39-41-43-45-47-53(57)54-51(50-61-62(58,59)60-49-48-55(3,4)5)52(56)46-44-42-40-38-15-13-11-9-7-2/h7,9,15,17-18,20-21,23-24,38,44,46,51-52,56H,6,8,10-14,16,19,22,25-37,39-43,45,47-50H2,1-5H3,(H-,54,57,58,59)/b9-7+,18-17-,21-20-,24-23-,38-15+,46-44+. The van der Waals surface area contributed by atoms with Crippen molar-refractivity contribution in [2.75, 3.05) is 40.9 Å². The predicted molar refractivity (Wildman–Crippen MR) is 265 cm³/mol. The third-order valence-corrected chi connectivity index (χ3v) is 11.9. The number of likely N-dealkylation sites (N-methyl/N-ethyl adjacent to an activating group) is 1. The van der Waals surface area contributed by atoms with Crippen molar-refractivity contribution in [2.45, 2.75) is 219 Å². The van der Waals surface area contributed by atoms with Gasteiger partial charge in [0.15, 0.2) is 0 Å². The second-order valence-corrected chi connectivity index (χ2v) is 19.6. The first-order valence-corrected chi connectivity index (χ1v) is 26.7. The number of hydrogen-bond acceptors (Lipinski definition) is 6. The van der Waals surface area contributed by atoms with Crippen LogP contribution in [-0.4, -0.2) is 68.5 Å². The van der Waals surface area contributed by atoms with Crippen molar-refractivity contribution in [1.29, 1.82) is 0 Å². The first-order valence-electron chi connectivity index (χ1n) is 25.3. The molecular weight excluding hydrogens is 792 g/mol. The maximum absolute atomic E-state index is 12.8. The molecule has 0 aliphatic carbocycles. The Morgan fingerprint density at radius 1 is 0.597 bits per heavy atom. The molecule has 0 aliphatic rings.